The van der Waals surface area contributed by atoms with Gasteiger partial charge in [-0.1, -0.05) is 0 Å². The number of rotatable bonds is 5. The first-order chi connectivity index (χ1) is 10.8. The third-order valence-corrected chi connectivity index (χ3v) is 4.98. The summed E-state index contributed by atoms with van der Waals surface area (Å²) in [6, 6.07) is 1.98. The maximum absolute atomic E-state index is 5.31. The van der Waals surface area contributed by atoms with Crippen LogP contribution < -0.4 is 9.64 Å². The molecule has 3 heterocycles. The molecule has 0 aromatic carbocycles. The molecule has 118 valence electrons. The third kappa shape index (κ3) is 3.11. The van der Waals surface area contributed by atoms with Gasteiger partial charge in [-0.2, -0.15) is 11.8 Å². The Bertz CT molecular complexity index is 629. The maximum atomic E-state index is 5.31. The number of aromatic nitrogens is 3. The van der Waals surface area contributed by atoms with Crippen molar-refractivity contribution in [3.05, 3.63) is 18.6 Å². The molecule has 1 aliphatic heterocycles. The minimum atomic E-state index is 0.566. The Morgan fingerprint density at radius 3 is 2.82 bits per heavy atom. The van der Waals surface area contributed by atoms with Crippen LogP contribution in [-0.4, -0.2) is 47.2 Å². The number of fused-ring (bicyclic) bond motifs is 1. The van der Waals surface area contributed by atoms with Gasteiger partial charge in [-0.3, -0.25) is 0 Å². The minimum Gasteiger partial charge on any atom is -0.479 e. The highest BCUT2D eigenvalue weighted by molar-refractivity contribution is 7.98. The number of anilines is 1. The second-order valence-corrected chi connectivity index (χ2v) is 6.61. The van der Waals surface area contributed by atoms with Crippen molar-refractivity contribution in [1.82, 2.24) is 15.0 Å². The van der Waals surface area contributed by atoms with Crippen LogP contribution in [0.1, 0.15) is 19.3 Å². The van der Waals surface area contributed by atoms with E-state index in [2.05, 4.69) is 26.1 Å². The quantitative estimate of drug-likeness (QED) is 0.845. The summed E-state index contributed by atoms with van der Waals surface area (Å²) < 4.78 is 5.31. The Hall–Kier alpha value is -1.56. The monoisotopic (exact) mass is 318 g/mol. The van der Waals surface area contributed by atoms with Crippen LogP contribution in [0.2, 0.25) is 0 Å². The SMILES string of the molecule is COc1nccc2c(N3CCC(CCSC)CC3)ncnc12. The summed E-state index contributed by atoms with van der Waals surface area (Å²) in [5, 5.41) is 1.02. The van der Waals surface area contributed by atoms with E-state index in [-0.39, 0.29) is 0 Å². The zero-order valence-electron chi connectivity index (χ0n) is 13.2. The Balaban J connectivity index is 1.80. The molecule has 0 N–H and O–H groups in total. The summed E-state index contributed by atoms with van der Waals surface area (Å²) in [7, 11) is 1.63. The van der Waals surface area contributed by atoms with Crippen molar-refractivity contribution in [1.29, 1.82) is 0 Å². The van der Waals surface area contributed by atoms with Crippen LogP contribution >= 0.6 is 11.8 Å². The van der Waals surface area contributed by atoms with Crippen LogP contribution in [-0.2, 0) is 0 Å². The normalized spacial score (nSPS) is 16.2. The molecule has 2 aromatic rings. The molecule has 0 atom stereocenters. The number of thioether (sulfide) groups is 1. The van der Waals surface area contributed by atoms with E-state index in [0.29, 0.717) is 5.88 Å². The van der Waals surface area contributed by atoms with Crippen molar-refractivity contribution in [2.45, 2.75) is 19.3 Å². The van der Waals surface area contributed by atoms with Crippen LogP contribution in [0.3, 0.4) is 0 Å². The average Bonchev–Trinajstić information content (AvgIpc) is 2.59. The lowest BCUT2D eigenvalue weighted by Gasteiger charge is -2.33. The fraction of sp³-hybridized carbons (Fsp3) is 0.562. The standard InChI is InChI=1S/C16H22N4OS/c1-21-16-14-13(3-7-17-16)15(19-11-18-14)20-8-4-12(5-9-20)6-10-22-2/h3,7,11-12H,4-6,8-10H2,1-2H3. The fourth-order valence-corrected chi connectivity index (χ4v) is 3.64. The van der Waals surface area contributed by atoms with E-state index < -0.39 is 0 Å². The van der Waals surface area contributed by atoms with Crippen molar-refractivity contribution in [2.75, 3.05) is 37.1 Å². The molecule has 0 aliphatic carbocycles. The summed E-state index contributed by atoms with van der Waals surface area (Å²) in [5.41, 5.74) is 0.791. The van der Waals surface area contributed by atoms with Gasteiger partial charge in [0.25, 0.3) is 0 Å². The molecule has 22 heavy (non-hydrogen) atoms. The first kappa shape index (κ1) is 15.3. The average molecular weight is 318 g/mol. The fourth-order valence-electron chi connectivity index (χ4n) is 3.07. The van der Waals surface area contributed by atoms with Crippen LogP contribution in [0.25, 0.3) is 10.9 Å². The first-order valence-electron chi connectivity index (χ1n) is 7.71. The Labute approximate surface area is 135 Å². The predicted molar refractivity (Wildman–Crippen MR) is 91.8 cm³/mol. The second-order valence-electron chi connectivity index (χ2n) is 5.63. The number of nitrogens with zero attached hydrogens (tertiary/aromatic N) is 4. The third-order valence-electron chi connectivity index (χ3n) is 4.34. The number of methoxy groups -OCH3 is 1. The number of pyridine rings is 1. The molecule has 0 amide bonds. The van der Waals surface area contributed by atoms with E-state index >= 15 is 0 Å². The van der Waals surface area contributed by atoms with Crippen LogP contribution in [0, 0.1) is 5.92 Å². The molecule has 5 nitrogen and oxygen atoms in total. The van der Waals surface area contributed by atoms with Gasteiger partial charge in [0.15, 0.2) is 0 Å². The number of hydrogen-bond acceptors (Lipinski definition) is 6. The van der Waals surface area contributed by atoms with Crippen LogP contribution in [0.5, 0.6) is 5.88 Å². The first-order valence-corrected chi connectivity index (χ1v) is 9.10. The van der Waals surface area contributed by atoms with Crippen molar-refractivity contribution in [2.24, 2.45) is 5.92 Å². The van der Waals surface area contributed by atoms with Gasteiger partial charge in [0, 0.05) is 24.7 Å². The smallest absolute Gasteiger partial charge is 0.240 e. The molecule has 0 saturated carbocycles. The van der Waals surface area contributed by atoms with Gasteiger partial charge in [0.1, 0.15) is 17.7 Å². The highest BCUT2D eigenvalue weighted by Gasteiger charge is 2.22. The van der Waals surface area contributed by atoms with Gasteiger partial charge in [0.05, 0.1) is 7.11 Å². The van der Waals surface area contributed by atoms with E-state index in [0.717, 1.165) is 35.7 Å². The van der Waals surface area contributed by atoms with Crippen LogP contribution in [0.4, 0.5) is 5.82 Å². The molecular formula is C16H22N4OS. The molecule has 2 aromatic heterocycles. The maximum Gasteiger partial charge on any atom is 0.240 e. The molecule has 1 saturated heterocycles. The zero-order valence-corrected chi connectivity index (χ0v) is 14.0. The van der Waals surface area contributed by atoms with E-state index in [1.165, 1.54) is 25.0 Å². The summed E-state index contributed by atoms with van der Waals surface area (Å²) in [6.45, 7) is 2.13. The predicted octanol–water partition coefficient (Wildman–Crippen LogP) is 3.00. The van der Waals surface area contributed by atoms with Gasteiger partial charge < -0.3 is 9.64 Å². The molecular weight excluding hydrogens is 296 g/mol. The number of hydrogen-bond donors (Lipinski definition) is 0. The summed E-state index contributed by atoms with van der Waals surface area (Å²) >= 11 is 1.94. The largest absolute Gasteiger partial charge is 0.479 e. The molecule has 3 rings (SSSR count). The lowest BCUT2D eigenvalue weighted by Crippen LogP contribution is -2.34. The minimum absolute atomic E-state index is 0.566. The van der Waals surface area contributed by atoms with E-state index in [9.17, 15) is 0 Å². The van der Waals surface area contributed by atoms with Gasteiger partial charge in [0.2, 0.25) is 5.88 Å². The molecule has 1 fully saturated rings. The van der Waals surface area contributed by atoms with Crippen molar-refractivity contribution >= 4 is 28.5 Å². The Morgan fingerprint density at radius 1 is 1.27 bits per heavy atom. The molecule has 0 radical (unpaired) electrons. The summed E-state index contributed by atoms with van der Waals surface area (Å²) in [5.74, 6) is 3.70. The van der Waals surface area contributed by atoms with Gasteiger partial charge in [-0.25, -0.2) is 15.0 Å². The number of ether oxygens (including phenoxy) is 1. The molecule has 1 aliphatic rings. The van der Waals surface area contributed by atoms with Gasteiger partial charge in [-0.15, -0.1) is 0 Å². The zero-order chi connectivity index (χ0) is 15.4. The van der Waals surface area contributed by atoms with E-state index in [1.807, 2.05) is 17.8 Å². The highest BCUT2D eigenvalue weighted by atomic mass is 32.2. The highest BCUT2D eigenvalue weighted by Crippen LogP contribution is 2.31. The van der Waals surface area contributed by atoms with Crippen molar-refractivity contribution in [3.63, 3.8) is 0 Å². The second kappa shape index (κ2) is 7.13. The van der Waals surface area contributed by atoms with Gasteiger partial charge in [-0.05, 0) is 43.3 Å². The van der Waals surface area contributed by atoms with E-state index in [4.69, 9.17) is 4.74 Å². The Kier molecular flexibility index (Phi) is 4.97. The molecule has 6 heteroatoms. The van der Waals surface area contributed by atoms with E-state index in [1.54, 1.807) is 19.6 Å². The number of piperidine rings is 1. The molecule has 0 bridgehead atoms. The van der Waals surface area contributed by atoms with Gasteiger partial charge >= 0.3 is 0 Å². The van der Waals surface area contributed by atoms with Crippen molar-refractivity contribution < 1.29 is 4.74 Å². The molecule has 0 unspecified atom stereocenters. The lowest BCUT2D eigenvalue weighted by atomic mass is 9.94. The summed E-state index contributed by atoms with van der Waals surface area (Å²) in [6.07, 6.45) is 9.38. The summed E-state index contributed by atoms with van der Waals surface area (Å²) in [4.78, 5) is 15.5. The Morgan fingerprint density at radius 2 is 2.09 bits per heavy atom. The molecule has 0 spiro atoms. The van der Waals surface area contributed by atoms with Crippen molar-refractivity contribution in [3.8, 4) is 5.88 Å². The lowest BCUT2D eigenvalue weighted by molar-refractivity contribution is 0.396. The topological polar surface area (TPSA) is 51.1 Å². The van der Waals surface area contributed by atoms with Crippen LogP contribution in [0.15, 0.2) is 18.6 Å².